The molecule has 8 nitrogen and oxygen atoms in total. The lowest BCUT2D eigenvalue weighted by Gasteiger charge is -2.10. The van der Waals surface area contributed by atoms with Crippen LogP contribution in [0, 0.1) is 11.6 Å². The predicted molar refractivity (Wildman–Crippen MR) is 118 cm³/mol. The van der Waals surface area contributed by atoms with Crippen LogP contribution in [0.5, 0.6) is 5.75 Å². The van der Waals surface area contributed by atoms with Gasteiger partial charge < -0.3 is 10.4 Å². The van der Waals surface area contributed by atoms with E-state index in [2.05, 4.69) is 20.3 Å². The highest BCUT2D eigenvalue weighted by Crippen LogP contribution is 2.29. The Morgan fingerprint density at radius 3 is 2.25 bits per heavy atom. The van der Waals surface area contributed by atoms with Gasteiger partial charge in [0.1, 0.15) is 17.4 Å². The number of nitrogens with one attached hydrogen (secondary N) is 3. The number of aromatic nitrogens is 1. The van der Waals surface area contributed by atoms with E-state index < -0.39 is 32.6 Å². The van der Waals surface area contributed by atoms with Gasteiger partial charge >= 0.3 is 6.03 Å². The average molecular weight is 476 g/mol. The van der Waals surface area contributed by atoms with Gasteiger partial charge in [0.25, 0.3) is 10.0 Å². The summed E-state index contributed by atoms with van der Waals surface area (Å²) in [7, 11) is -4.21. The largest absolute Gasteiger partial charge is 0.508 e. The van der Waals surface area contributed by atoms with Gasteiger partial charge in [0.05, 0.1) is 15.1 Å². The maximum Gasteiger partial charge on any atom is 0.325 e. The Labute approximate surface area is 184 Å². The van der Waals surface area contributed by atoms with E-state index in [4.69, 9.17) is 0 Å². The van der Waals surface area contributed by atoms with E-state index in [1.807, 2.05) is 0 Å². The maximum absolute atomic E-state index is 13.3. The number of rotatable bonds is 5. The van der Waals surface area contributed by atoms with Crippen LogP contribution in [0.4, 0.5) is 30.1 Å². The first-order valence-electron chi connectivity index (χ1n) is 8.94. The van der Waals surface area contributed by atoms with E-state index in [9.17, 15) is 27.1 Å². The van der Waals surface area contributed by atoms with Gasteiger partial charge in [-0.1, -0.05) is 11.3 Å². The Morgan fingerprint density at radius 1 is 0.906 bits per heavy atom. The zero-order valence-corrected chi connectivity index (χ0v) is 17.6. The molecule has 4 N–H and O–H groups in total. The lowest BCUT2D eigenvalue weighted by atomic mass is 10.3. The molecule has 12 heteroatoms. The number of hydrogen-bond donors (Lipinski definition) is 4. The van der Waals surface area contributed by atoms with Gasteiger partial charge in [0.2, 0.25) is 0 Å². The summed E-state index contributed by atoms with van der Waals surface area (Å²) in [5, 5.41) is 15.0. The molecule has 0 fully saturated rings. The molecular weight excluding hydrogens is 462 g/mol. The molecule has 164 valence electrons. The van der Waals surface area contributed by atoms with Gasteiger partial charge in [0, 0.05) is 17.4 Å². The maximum atomic E-state index is 13.3. The highest BCUT2D eigenvalue weighted by Gasteiger charge is 2.17. The summed E-state index contributed by atoms with van der Waals surface area (Å²) in [5.41, 5.74) is 1.12. The van der Waals surface area contributed by atoms with Crippen LogP contribution in [0.15, 0.2) is 65.6 Å². The Kier molecular flexibility index (Phi) is 5.63. The van der Waals surface area contributed by atoms with E-state index in [1.165, 1.54) is 47.7 Å². The number of aromatic hydroxyl groups is 1. The summed E-state index contributed by atoms with van der Waals surface area (Å²) in [6.07, 6.45) is 0. The number of benzene rings is 3. The summed E-state index contributed by atoms with van der Waals surface area (Å²) >= 11 is 1.19. The van der Waals surface area contributed by atoms with Crippen LogP contribution in [0.3, 0.4) is 0 Å². The van der Waals surface area contributed by atoms with Crippen molar-refractivity contribution in [1.29, 1.82) is 0 Å². The number of carbonyl (C=O) groups excluding carboxylic acids is 1. The molecule has 0 spiro atoms. The second-order valence-electron chi connectivity index (χ2n) is 6.54. The number of halogens is 2. The highest BCUT2D eigenvalue weighted by molar-refractivity contribution is 7.92. The molecule has 0 saturated heterocycles. The second kappa shape index (κ2) is 8.40. The fourth-order valence-corrected chi connectivity index (χ4v) is 4.74. The minimum absolute atomic E-state index is 0.0930. The number of amides is 2. The van der Waals surface area contributed by atoms with Gasteiger partial charge in [-0.25, -0.2) is 27.0 Å². The number of carbonyl (C=O) groups is 1. The smallest absolute Gasteiger partial charge is 0.325 e. The molecule has 4 aromatic rings. The zero-order chi connectivity index (χ0) is 22.9. The molecule has 3 aromatic carbocycles. The molecule has 0 atom stereocenters. The molecule has 0 bridgehead atoms. The van der Waals surface area contributed by atoms with Crippen molar-refractivity contribution in [3.63, 3.8) is 0 Å². The first-order valence-corrected chi connectivity index (χ1v) is 11.2. The molecule has 1 heterocycles. The van der Waals surface area contributed by atoms with Crippen molar-refractivity contribution < 1.29 is 27.1 Å². The lowest BCUT2D eigenvalue weighted by Crippen LogP contribution is -2.19. The number of fused-ring (bicyclic) bond motifs is 1. The third-order valence-corrected chi connectivity index (χ3v) is 6.43. The predicted octanol–water partition coefficient (Wildman–Crippen LogP) is 4.72. The normalized spacial score (nSPS) is 11.3. The molecule has 4 rings (SSSR count). The van der Waals surface area contributed by atoms with Crippen molar-refractivity contribution >= 4 is 54.1 Å². The molecule has 0 aliphatic heterocycles. The van der Waals surface area contributed by atoms with Crippen LogP contribution in [0.2, 0.25) is 0 Å². The summed E-state index contributed by atoms with van der Waals surface area (Å²) in [6.45, 7) is 0. The zero-order valence-electron chi connectivity index (χ0n) is 16.0. The van der Waals surface area contributed by atoms with Gasteiger partial charge in [-0.15, -0.1) is 0 Å². The number of sulfonamides is 1. The van der Waals surface area contributed by atoms with Crippen molar-refractivity contribution in [3.8, 4) is 5.75 Å². The van der Waals surface area contributed by atoms with Gasteiger partial charge in [-0.3, -0.25) is 10.0 Å². The van der Waals surface area contributed by atoms with Gasteiger partial charge in [-0.05, 0) is 54.6 Å². The Bertz CT molecular complexity index is 1400. The van der Waals surface area contributed by atoms with Crippen molar-refractivity contribution in [2.45, 2.75) is 4.90 Å². The minimum Gasteiger partial charge on any atom is -0.508 e. The van der Waals surface area contributed by atoms with E-state index in [0.29, 0.717) is 39.2 Å². The first kappa shape index (κ1) is 21.5. The Hall–Kier alpha value is -3.77. The van der Waals surface area contributed by atoms with Crippen LogP contribution in [-0.4, -0.2) is 24.5 Å². The van der Waals surface area contributed by atoms with Crippen LogP contribution in [0.1, 0.15) is 0 Å². The second-order valence-corrected chi connectivity index (χ2v) is 9.25. The molecule has 0 unspecified atom stereocenters. The lowest BCUT2D eigenvalue weighted by molar-refractivity contribution is 0.262. The first-order chi connectivity index (χ1) is 15.2. The van der Waals surface area contributed by atoms with E-state index >= 15 is 0 Å². The van der Waals surface area contributed by atoms with E-state index in [0.717, 1.165) is 0 Å². The Morgan fingerprint density at radius 2 is 1.56 bits per heavy atom. The van der Waals surface area contributed by atoms with Crippen molar-refractivity contribution in [2.24, 2.45) is 0 Å². The highest BCUT2D eigenvalue weighted by atomic mass is 32.2. The summed E-state index contributed by atoms with van der Waals surface area (Å²) in [5.74, 6) is -1.93. The fourth-order valence-electron chi connectivity index (χ4n) is 2.75. The molecular formula is C20H14F2N4O4S2. The van der Waals surface area contributed by atoms with E-state index in [-0.39, 0.29) is 11.4 Å². The van der Waals surface area contributed by atoms with E-state index in [1.54, 1.807) is 6.07 Å². The third-order valence-electron chi connectivity index (χ3n) is 4.13. The van der Waals surface area contributed by atoms with Gasteiger partial charge in [0.15, 0.2) is 5.13 Å². The molecule has 1 aromatic heterocycles. The average Bonchev–Trinajstić information content (AvgIpc) is 3.09. The van der Waals surface area contributed by atoms with Gasteiger partial charge in [-0.2, -0.15) is 0 Å². The van der Waals surface area contributed by atoms with Crippen molar-refractivity contribution in [2.75, 3.05) is 15.4 Å². The van der Waals surface area contributed by atoms with Crippen molar-refractivity contribution in [3.05, 3.63) is 72.3 Å². The molecule has 0 aliphatic carbocycles. The molecule has 2 amide bonds. The number of thiazole rings is 1. The van der Waals surface area contributed by atoms with Crippen LogP contribution in [-0.2, 0) is 10.0 Å². The number of hydrogen-bond acceptors (Lipinski definition) is 6. The summed E-state index contributed by atoms with van der Waals surface area (Å²) < 4.78 is 54.2. The number of urea groups is 1. The number of phenolic OH excluding ortho intramolecular Hbond substituents is 1. The molecule has 0 aliphatic rings. The van der Waals surface area contributed by atoms with Crippen LogP contribution in [0.25, 0.3) is 10.2 Å². The van der Waals surface area contributed by atoms with Crippen molar-refractivity contribution in [1.82, 2.24) is 4.98 Å². The standard InChI is InChI=1S/C20H14F2N4O4S2/c21-11-7-12(22)9-16(8-11)32(29,30)26-14-3-1-13(2-4-14)23-19(28)25-20-24-17-6-5-15(27)10-18(17)31-20/h1-10,26-27H,(H2,23,24,25,28). The van der Waals surface area contributed by atoms with Crippen LogP contribution >= 0.6 is 11.3 Å². The summed E-state index contributed by atoms with van der Waals surface area (Å²) in [4.78, 5) is 15.9. The Balaban J connectivity index is 1.41. The third kappa shape index (κ3) is 4.92. The monoisotopic (exact) mass is 476 g/mol. The SMILES string of the molecule is O=C(Nc1ccc(NS(=O)(=O)c2cc(F)cc(F)c2)cc1)Nc1nc2ccc(O)cc2s1. The topological polar surface area (TPSA) is 120 Å². The number of phenols is 1. The van der Waals surface area contributed by atoms with Crippen LogP contribution < -0.4 is 15.4 Å². The summed E-state index contributed by atoms with van der Waals surface area (Å²) in [6, 6.07) is 11.7. The number of anilines is 3. The minimum atomic E-state index is -4.21. The quantitative estimate of drug-likeness (QED) is 0.332. The molecule has 0 saturated carbocycles. The molecule has 32 heavy (non-hydrogen) atoms. The number of nitrogens with zero attached hydrogens (tertiary/aromatic N) is 1. The fraction of sp³-hybridized carbons (Fsp3) is 0. The molecule has 0 radical (unpaired) electrons.